The first-order valence-electron chi connectivity index (χ1n) is 11.5. The van der Waals surface area contributed by atoms with Gasteiger partial charge in [0.2, 0.25) is 0 Å². The number of carbonyl (C=O) groups excluding carboxylic acids is 1. The van der Waals surface area contributed by atoms with E-state index in [0.717, 1.165) is 44.9 Å². The van der Waals surface area contributed by atoms with Crippen LogP contribution in [0.25, 0.3) is 27.0 Å². The van der Waals surface area contributed by atoms with Crippen LogP contribution in [0.2, 0.25) is 5.02 Å². The van der Waals surface area contributed by atoms with E-state index in [-0.39, 0.29) is 11.9 Å². The van der Waals surface area contributed by atoms with Crippen LogP contribution in [-0.4, -0.2) is 52.4 Å². The van der Waals surface area contributed by atoms with Crippen LogP contribution in [0.3, 0.4) is 0 Å². The highest BCUT2D eigenvalue weighted by molar-refractivity contribution is 7.20. The molecule has 3 aromatic heterocycles. The zero-order valence-electron chi connectivity index (χ0n) is 18.8. The normalized spacial score (nSPS) is 14.6. The van der Waals surface area contributed by atoms with Gasteiger partial charge in [-0.25, -0.2) is 4.98 Å². The van der Waals surface area contributed by atoms with E-state index in [2.05, 4.69) is 16.5 Å². The SMILES string of the molecule is [B]c1cnn2c(NC3CCN(C(=O)c4cc5ccccc5s4)CC3)cc(-c3ccccc3Cl)nc12. The summed E-state index contributed by atoms with van der Waals surface area (Å²) >= 11 is 8.00. The molecule has 6 nitrogen and oxygen atoms in total. The number of nitrogens with one attached hydrogen (secondary N) is 1. The van der Waals surface area contributed by atoms with Crippen LogP contribution in [0.15, 0.2) is 66.9 Å². The maximum atomic E-state index is 13.1. The summed E-state index contributed by atoms with van der Waals surface area (Å²) in [7, 11) is 6.15. The first kappa shape index (κ1) is 22.1. The molecule has 1 N–H and O–H groups in total. The third-order valence-corrected chi connectivity index (χ3v) is 7.85. The van der Waals surface area contributed by atoms with Gasteiger partial charge in [-0.05, 0) is 41.9 Å². The second kappa shape index (κ2) is 9.02. The summed E-state index contributed by atoms with van der Waals surface area (Å²) in [5.74, 6) is 0.910. The van der Waals surface area contributed by atoms with Gasteiger partial charge in [-0.1, -0.05) is 48.0 Å². The topological polar surface area (TPSA) is 62.5 Å². The number of hydrogen-bond acceptors (Lipinski definition) is 5. The first-order valence-corrected chi connectivity index (χ1v) is 12.7. The molecule has 0 unspecified atom stereocenters. The quantitative estimate of drug-likeness (QED) is 0.363. The molecule has 35 heavy (non-hydrogen) atoms. The fourth-order valence-electron chi connectivity index (χ4n) is 4.57. The lowest BCUT2D eigenvalue weighted by molar-refractivity contribution is 0.0723. The van der Waals surface area contributed by atoms with E-state index in [9.17, 15) is 4.79 Å². The Hall–Kier alpha value is -3.36. The predicted molar refractivity (Wildman–Crippen MR) is 143 cm³/mol. The summed E-state index contributed by atoms with van der Waals surface area (Å²) in [5, 5.41) is 9.77. The minimum Gasteiger partial charge on any atom is -0.367 e. The zero-order valence-corrected chi connectivity index (χ0v) is 20.4. The molecule has 0 spiro atoms. The smallest absolute Gasteiger partial charge is 0.263 e. The van der Waals surface area contributed by atoms with Gasteiger partial charge in [0.15, 0.2) is 5.65 Å². The Bertz CT molecular complexity index is 1520. The van der Waals surface area contributed by atoms with E-state index in [0.29, 0.717) is 29.2 Å². The van der Waals surface area contributed by atoms with Crippen molar-refractivity contribution in [1.29, 1.82) is 0 Å². The minimum absolute atomic E-state index is 0.108. The molecule has 2 aromatic carbocycles. The monoisotopic (exact) mass is 497 g/mol. The average molecular weight is 498 g/mol. The molecule has 1 aliphatic heterocycles. The molecule has 1 saturated heterocycles. The number of fused-ring (bicyclic) bond motifs is 2. The Labute approximate surface area is 213 Å². The lowest BCUT2D eigenvalue weighted by Crippen LogP contribution is -2.42. The van der Waals surface area contributed by atoms with Gasteiger partial charge in [0.05, 0.1) is 10.6 Å². The molecular weight excluding hydrogens is 477 g/mol. The van der Waals surface area contributed by atoms with Gasteiger partial charge in [0.1, 0.15) is 13.7 Å². The predicted octanol–water partition coefficient (Wildman–Crippen LogP) is 4.77. The van der Waals surface area contributed by atoms with Gasteiger partial charge in [-0.15, -0.1) is 11.3 Å². The molecule has 6 rings (SSSR count). The number of halogens is 1. The Morgan fingerprint density at radius 3 is 2.66 bits per heavy atom. The van der Waals surface area contributed by atoms with E-state index in [1.807, 2.05) is 59.5 Å². The molecule has 1 fully saturated rings. The lowest BCUT2D eigenvalue weighted by atomic mass is 10.0. The molecule has 9 heteroatoms. The van der Waals surface area contributed by atoms with Crippen molar-refractivity contribution in [2.24, 2.45) is 0 Å². The fraction of sp³-hybridized carbons (Fsp3) is 0.192. The Kier molecular flexibility index (Phi) is 5.70. The fourth-order valence-corrected chi connectivity index (χ4v) is 5.83. The van der Waals surface area contributed by atoms with Crippen molar-refractivity contribution >= 4 is 63.7 Å². The summed E-state index contributed by atoms with van der Waals surface area (Å²) in [6.45, 7) is 1.38. The van der Waals surface area contributed by atoms with Crippen molar-refractivity contribution in [2.75, 3.05) is 18.4 Å². The van der Waals surface area contributed by atoms with Crippen molar-refractivity contribution in [3.63, 3.8) is 0 Å². The minimum atomic E-state index is 0.108. The number of piperidine rings is 1. The number of carbonyl (C=O) groups is 1. The van der Waals surface area contributed by atoms with Crippen molar-refractivity contribution in [3.8, 4) is 11.3 Å². The van der Waals surface area contributed by atoms with Crippen LogP contribution in [0, 0.1) is 0 Å². The zero-order chi connectivity index (χ0) is 23.9. The Balaban J connectivity index is 1.21. The van der Waals surface area contributed by atoms with Gasteiger partial charge in [0.25, 0.3) is 5.91 Å². The number of nitrogens with zero attached hydrogens (tertiary/aromatic N) is 4. The molecule has 0 saturated carbocycles. The van der Waals surface area contributed by atoms with E-state index >= 15 is 0 Å². The molecule has 1 amide bonds. The van der Waals surface area contributed by atoms with E-state index in [1.165, 1.54) is 0 Å². The van der Waals surface area contributed by atoms with Gasteiger partial charge in [-0.3, -0.25) is 4.79 Å². The molecule has 1 aliphatic rings. The first-order chi connectivity index (χ1) is 17.1. The van der Waals surface area contributed by atoms with Crippen molar-refractivity contribution in [1.82, 2.24) is 19.5 Å². The molecule has 0 atom stereocenters. The largest absolute Gasteiger partial charge is 0.367 e. The average Bonchev–Trinajstić information content (AvgIpc) is 3.48. The number of likely N-dealkylation sites (tertiary alicyclic amines) is 1. The molecule has 172 valence electrons. The summed E-state index contributed by atoms with van der Waals surface area (Å²) in [5.41, 5.74) is 2.66. The number of thiophene rings is 1. The third kappa shape index (κ3) is 4.17. The van der Waals surface area contributed by atoms with Crippen molar-refractivity contribution in [3.05, 3.63) is 76.8 Å². The van der Waals surface area contributed by atoms with Crippen LogP contribution in [0.1, 0.15) is 22.5 Å². The second-order valence-electron chi connectivity index (χ2n) is 8.70. The molecule has 4 heterocycles. The summed E-state index contributed by atoms with van der Waals surface area (Å²) in [4.78, 5) is 20.6. The van der Waals surface area contributed by atoms with Gasteiger partial charge in [-0.2, -0.15) is 9.61 Å². The van der Waals surface area contributed by atoms with Crippen LogP contribution in [-0.2, 0) is 0 Å². The number of benzene rings is 2. The van der Waals surface area contributed by atoms with Gasteiger partial charge in [0, 0.05) is 46.7 Å². The Morgan fingerprint density at radius 2 is 1.86 bits per heavy atom. The maximum absolute atomic E-state index is 13.1. The van der Waals surface area contributed by atoms with E-state index < -0.39 is 0 Å². The molecular formula is C26H21BClN5OS. The second-order valence-corrected chi connectivity index (χ2v) is 10.2. The lowest BCUT2D eigenvalue weighted by Gasteiger charge is -2.32. The standard InChI is InChI=1S/C26H21BClN5OS/c27-19-15-29-33-24(14-21(31-25(19)33)18-6-2-3-7-20(18)28)30-17-9-11-32(12-10-17)26(34)23-13-16-5-1-4-8-22(16)35-23/h1-8,13-15,17,30H,9-12H2. The third-order valence-electron chi connectivity index (χ3n) is 6.42. The van der Waals surface area contributed by atoms with E-state index in [4.69, 9.17) is 24.4 Å². The number of hydrogen-bond donors (Lipinski definition) is 1. The Morgan fingerprint density at radius 1 is 1.09 bits per heavy atom. The summed E-state index contributed by atoms with van der Waals surface area (Å²) < 4.78 is 2.87. The molecule has 0 aliphatic carbocycles. The highest BCUT2D eigenvalue weighted by atomic mass is 35.5. The number of aromatic nitrogens is 3. The van der Waals surface area contributed by atoms with E-state index in [1.54, 1.807) is 22.0 Å². The summed E-state index contributed by atoms with van der Waals surface area (Å²) in [6, 6.07) is 19.9. The highest BCUT2D eigenvalue weighted by Crippen LogP contribution is 2.30. The maximum Gasteiger partial charge on any atom is 0.263 e. The highest BCUT2D eigenvalue weighted by Gasteiger charge is 2.25. The van der Waals surface area contributed by atoms with Gasteiger partial charge >= 0.3 is 0 Å². The summed E-state index contributed by atoms with van der Waals surface area (Å²) in [6.07, 6.45) is 3.27. The number of amides is 1. The van der Waals surface area contributed by atoms with Crippen LogP contribution < -0.4 is 10.8 Å². The van der Waals surface area contributed by atoms with Crippen molar-refractivity contribution in [2.45, 2.75) is 18.9 Å². The van der Waals surface area contributed by atoms with Gasteiger partial charge < -0.3 is 10.2 Å². The number of rotatable bonds is 4. The van der Waals surface area contributed by atoms with Crippen LogP contribution >= 0.6 is 22.9 Å². The molecule has 2 radical (unpaired) electrons. The van der Waals surface area contributed by atoms with Crippen LogP contribution in [0.5, 0.6) is 0 Å². The molecule has 5 aromatic rings. The number of anilines is 1. The molecule has 0 bridgehead atoms. The van der Waals surface area contributed by atoms with Crippen molar-refractivity contribution < 1.29 is 4.79 Å². The van der Waals surface area contributed by atoms with Crippen LogP contribution in [0.4, 0.5) is 5.82 Å².